The lowest BCUT2D eigenvalue weighted by Crippen LogP contribution is -2.37. The average molecular weight is 437 g/mol. The molecule has 0 spiro atoms. The van der Waals surface area contributed by atoms with Gasteiger partial charge < -0.3 is 22.1 Å². The number of hydrogen-bond acceptors (Lipinski definition) is 5. The second-order valence-corrected chi connectivity index (χ2v) is 7.88. The van der Waals surface area contributed by atoms with Crippen LogP contribution in [-0.2, 0) is 11.2 Å². The van der Waals surface area contributed by atoms with Crippen LogP contribution in [0.3, 0.4) is 0 Å². The van der Waals surface area contributed by atoms with E-state index in [0.717, 1.165) is 24.0 Å². The van der Waals surface area contributed by atoms with Gasteiger partial charge in [-0.25, -0.2) is 0 Å². The van der Waals surface area contributed by atoms with Crippen LogP contribution in [0.2, 0.25) is 5.02 Å². The minimum atomic E-state index is -0.744. The number of benzene rings is 2. The predicted octanol–water partition coefficient (Wildman–Crippen LogP) is 2.39. The zero-order chi connectivity index (χ0) is 22.4. The molecule has 1 atom stereocenters. The summed E-state index contributed by atoms with van der Waals surface area (Å²) in [7, 11) is 0. The molecule has 0 aromatic heterocycles. The minimum absolute atomic E-state index is 0.00469. The van der Waals surface area contributed by atoms with Crippen molar-refractivity contribution in [3.8, 4) is 6.19 Å². The van der Waals surface area contributed by atoms with Crippen molar-refractivity contribution in [1.82, 2.24) is 4.90 Å². The van der Waals surface area contributed by atoms with E-state index in [9.17, 15) is 4.79 Å². The van der Waals surface area contributed by atoms with Crippen molar-refractivity contribution in [2.45, 2.75) is 25.3 Å². The summed E-state index contributed by atoms with van der Waals surface area (Å²) in [4.78, 5) is 18.2. The fourth-order valence-corrected chi connectivity index (χ4v) is 3.82. The number of amidine groups is 1. The Kier molecular flexibility index (Phi) is 7.16. The highest BCUT2D eigenvalue weighted by Crippen LogP contribution is 2.21. The van der Waals surface area contributed by atoms with Crippen LogP contribution in [0.25, 0.3) is 5.70 Å². The first-order valence-electron chi connectivity index (χ1n) is 9.99. The number of piperidine rings is 1. The summed E-state index contributed by atoms with van der Waals surface area (Å²) >= 11 is 6.24. The summed E-state index contributed by atoms with van der Waals surface area (Å²) in [6.45, 7) is 1.16. The number of halogens is 1. The molecule has 1 aliphatic rings. The maximum absolute atomic E-state index is 12.1. The second-order valence-electron chi connectivity index (χ2n) is 7.47. The molecule has 0 unspecified atom stereocenters. The topological polar surface area (TPSA) is 135 Å². The standard InChI is InChI=1S/C23H25ClN6O/c24-19-6-2-1-4-17(19)12-15-7-9-16(10-8-15)21(26)20(23(28)31)22(27)29-18-5-3-11-30(13-18)14-25/h1-2,4,6-10,18H,3,5,11-13,26H2,(H2,27,29)(H2,28,31)/t18-/m1/s1. The summed E-state index contributed by atoms with van der Waals surface area (Å²) in [5, 5.41) is 9.81. The molecule has 1 aliphatic heterocycles. The van der Waals surface area contributed by atoms with Crippen molar-refractivity contribution >= 4 is 29.0 Å². The summed E-state index contributed by atoms with van der Waals surface area (Å²) in [5.74, 6) is -0.748. The van der Waals surface area contributed by atoms with Crippen LogP contribution in [0.5, 0.6) is 0 Å². The first-order valence-corrected chi connectivity index (χ1v) is 10.4. The van der Waals surface area contributed by atoms with Gasteiger partial charge in [-0.1, -0.05) is 54.1 Å². The van der Waals surface area contributed by atoms with Crippen molar-refractivity contribution in [1.29, 1.82) is 5.26 Å². The van der Waals surface area contributed by atoms with Crippen molar-refractivity contribution in [3.05, 3.63) is 75.8 Å². The van der Waals surface area contributed by atoms with E-state index < -0.39 is 5.91 Å². The molecule has 3 rings (SSSR count). The zero-order valence-corrected chi connectivity index (χ0v) is 17.8. The van der Waals surface area contributed by atoms with E-state index in [2.05, 4.69) is 11.2 Å². The third-order valence-corrected chi connectivity index (χ3v) is 5.62. The van der Waals surface area contributed by atoms with Gasteiger partial charge >= 0.3 is 0 Å². The van der Waals surface area contributed by atoms with Crippen molar-refractivity contribution in [2.24, 2.45) is 22.2 Å². The zero-order valence-electron chi connectivity index (χ0n) is 17.1. The van der Waals surface area contributed by atoms with Gasteiger partial charge in [0.25, 0.3) is 5.91 Å². The second kappa shape index (κ2) is 10.0. The van der Waals surface area contributed by atoms with Crippen LogP contribution in [0, 0.1) is 11.5 Å². The summed E-state index contributed by atoms with van der Waals surface area (Å²) in [5.41, 5.74) is 20.8. The van der Waals surface area contributed by atoms with Gasteiger partial charge in [-0.3, -0.25) is 9.79 Å². The number of hydrogen-bond donors (Lipinski definition) is 3. The van der Waals surface area contributed by atoms with Crippen molar-refractivity contribution < 1.29 is 4.79 Å². The normalized spacial score (nSPS) is 17.6. The molecule has 1 heterocycles. The molecule has 7 nitrogen and oxygen atoms in total. The lowest BCUT2D eigenvalue weighted by atomic mass is 10.00. The maximum Gasteiger partial charge on any atom is 0.254 e. The molecule has 6 N–H and O–H groups in total. The summed E-state index contributed by atoms with van der Waals surface area (Å²) in [6, 6.07) is 15.0. The molecule has 160 valence electrons. The van der Waals surface area contributed by atoms with Crippen LogP contribution < -0.4 is 17.2 Å². The van der Waals surface area contributed by atoms with Crippen LogP contribution in [0.15, 0.2) is 59.1 Å². The van der Waals surface area contributed by atoms with Gasteiger partial charge in [0.1, 0.15) is 11.4 Å². The Bertz CT molecular complexity index is 1050. The first-order chi connectivity index (χ1) is 14.9. The van der Waals surface area contributed by atoms with Crippen LogP contribution in [0.1, 0.15) is 29.5 Å². The molecule has 0 aliphatic carbocycles. The Morgan fingerprint density at radius 2 is 1.87 bits per heavy atom. The third-order valence-electron chi connectivity index (χ3n) is 5.25. The first kappa shape index (κ1) is 22.2. The van der Waals surface area contributed by atoms with Gasteiger partial charge in [-0.2, -0.15) is 5.26 Å². The maximum atomic E-state index is 12.1. The third kappa shape index (κ3) is 5.56. The number of primary amides is 1. The van der Waals surface area contributed by atoms with E-state index in [4.69, 9.17) is 34.1 Å². The SMILES string of the molecule is N#CN1CCC[C@@H](N=C(N)C(C(N)=O)=C(N)c2ccc(Cc3ccccc3Cl)cc2)C1. The monoisotopic (exact) mass is 436 g/mol. The van der Waals surface area contributed by atoms with Gasteiger partial charge in [0, 0.05) is 11.6 Å². The van der Waals surface area contributed by atoms with E-state index >= 15 is 0 Å². The highest BCUT2D eigenvalue weighted by Gasteiger charge is 2.22. The Labute approximate surface area is 186 Å². The largest absolute Gasteiger partial charge is 0.397 e. The molecule has 1 fully saturated rings. The number of amides is 1. The Morgan fingerprint density at radius 1 is 1.16 bits per heavy atom. The number of rotatable bonds is 6. The molecule has 1 saturated heterocycles. The van der Waals surface area contributed by atoms with Crippen LogP contribution >= 0.6 is 11.6 Å². The van der Waals surface area contributed by atoms with Crippen molar-refractivity contribution in [2.75, 3.05) is 13.1 Å². The fraction of sp³-hybridized carbons (Fsp3) is 0.261. The van der Waals surface area contributed by atoms with Crippen LogP contribution in [-0.4, -0.2) is 35.8 Å². The Hall–Kier alpha value is -3.50. The Morgan fingerprint density at radius 3 is 2.52 bits per heavy atom. The van der Waals surface area contributed by atoms with Gasteiger partial charge in [0.15, 0.2) is 6.19 Å². The summed E-state index contributed by atoms with van der Waals surface area (Å²) < 4.78 is 0. The average Bonchev–Trinajstić information content (AvgIpc) is 2.75. The number of carbonyl (C=O) groups excluding carboxylic acids is 1. The lowest BCUT2D eigenvalue weighted by molar-refractivity contribution is -0.114. The van der Waals surface area contributed by atoms with E-state index in [-0.39, 0.29) is 23.1 Å². The molecule has 0 radical (unpaired) electrons. The predicted molar refractivity (Wildman–Crippen MR) is 123 cm³/mol. The fourth-order valence-electron chi connectivity index (χ4n) is 3.62. The quantitative estimate of drug-likeness (QED) is 0.276. The molecule has 2 aromatic rings. The molecular formula is C23H25ClN6O. The minimum Gasteiger partial charge on any atom is -0.397 e. The number of nitrogens with zero attached hydrogens (tertiary/aromatic N) is 3. The lowest BCUT2D eigenvalue weighted by Gasteiger charge is -2.26. The molecule has 1 amide bonds. The van der Waals surface area contributed by atoms with Crippen molar-refractivity contribution in [3.63, 3.8) is 0 Å². The number of nitriles is 1. The van der Waals surface area contributed by atoms with E-state index in [1.807, 2.05) is 48.5 Å². The van der Waals surface area contributed by atoms with E-state index in [0.29, 0.717) is 30.1 Å². The number of nitrogens with two attached hydrogens (primary N) is 3. The number of carbonyl (C=O) groups is 1. The number of likely N-dealkylation sites (tertiary alicyclic amines) is 1. The molecule has 0 saturated carbocycles. The van der Waals surface area contributed by atoms with E-state index in [1.165, 1.54) is 0 Å². The molecule has 31 heavy (non-hydrogen) atoms. The summed E-state index contributed by atoms with van der Waals surface area (Å²) in [6.07, 6.45) is 4.40. The number of aliphatic imine (C=N–C) groups is 1. The van der Waals surface area contributed by atoms with Gasteiger partial charge in [-0.15, -0.1) is 0 Å². The smallest absolute Gasteiger partial charge is 0.254 e. The molecular weight excluding hydrogens is 412 g/mol. The Balaban J connectivity index is 1.84. The molecule has 0 bridgehead atoms. The van der Waals surface area contributed by atoms with Gasteiger partial charge in [-0.05, 0) is 42.0 Å². The van der Waals surface area contributed by atoms with Gasteiger partial charge in [0.2, 0.25) is 0 Å². The van der Waals surface area contributed by atoms with Gasteiger partial charge in [0.05, 0.1) is 18.3 Å². The molecule has 8 heteroatoms. The highest BCUT2D eigenvalue weighted by atomic mass is 35.5. The van der Waals surface area contributed by atoms with E-state index in [1.54, 1.807) is 4.90 Å². The van der Waals surface area contributed by atoms with Crippen LogP contribution in [0.4, 0.5) is 0 Å². The molecule has 2 aromatic carbocycles. The highest BCUT2D eigenvalue weighted by molar-refractivity contribution is 6.31.